The van der Waals surface area contributed by atoms with Crippen LogP contribution in [0.4, 0.5) is 0 Å². The highest BCUT2D eigenvalue weighted by Crippen LogP contribution is 2.29. The van der Waals surface area contributed by atoms with Crippen LogP contribution >= 0.6 is 46.1 Å². The largest absolute Gasteiger partial charge is 0.291 e. The molecule has 0 N–H and O–H groups in total. The molecule has 1 aromatic carbocycles. The zero-order valence-electron chi connectivity index (χ0n) is 11.6. The number of carbonyl (C=O) groups excluding carboxylic acids is 1. The molecule has 0 fully saturated rings. The van der Waals surface area contributed by atoms with Gasteiger partial charge in [-0.25, -0.2) is 9.67 Å². The van der Waals surface area contributed by atoms with E-state index < -0.39 is 6.04 Å². The van der Waals surface area contributed by atoms with Crippen molar-refractivity contribution >= 4 is 51.9 Å². The van der Waals surface area contributed by atoms with Crippen molar-refractivity contribution in [2.45, 2.75) is 12.5 Å². The number of Topliss-reactive ketones (excluding diaryl/α,β-unsaturated/α-hetero) is 1. The van der Waals surface area contributed by atoms with Crippen LogP contribution in [-0.2, 0) is 6.42 Å². The summed E-state index contributed by atoms with van der Waals surface area (Å²) in [6.07, 6.45) is 3.35. The minimum absolute atomic E-state index is 0.0709. The fourth-order valence-electron chi connectivity index (χ4n) is 2.19. The van der Waals surface area contributed by atoms with Crippen LogP contribution in [0.15, 0.2) is 43.0 Å². The van der Waals surface area contributed by atoms with Crippen LogP contribution in [0, 0.1) is 0 Å². The predicted molar refractivity (Wildman–Crippen MR) is 92.9 cm³/mol. The number of rotatable bonds is 5. The molecule has 8 heteroatoms. The maximum Gasteiger partial charge on any atom is 0.197 e. The molecule has 118 valence electrons. The summed E-state index contributed by atoms with van der Waals surface area (Å²) in [6, 6.07) is 8.20. The van der Waals surface area contributed by atoms with Crippen LogP contribution in [0.5, 0.6) is 0 Å². The molecular weight excluding hydrogens is 377 g/mol. The highest BCUT2D eigenvalue weighted by atomic mass is 35.5. The average molecular weight is 387 g/mol. The first-order chi connectivity index (χ1) is 11.0. The maximum atomic E-state index is 12.8. The lowest BCUT2D eigenvalue weighted by Crippen LogP contribution is -2.22. The van der Waals surface area contributed by atoms with Gasteiger partial charge in [0.2, 0.25) is 0 Å². The number of hydrogen-bond acceptors (Lipinski definition) is 4. The van der Waals surface area contributed by atoms with Gasteiger partial charge in [0.25, 0.3) is 0 Å². The van der Waals surface area contributed by atoms with Gasteiger partial charge < -0.3 is 0 Å². The second kappa shape index (κ2) is 7.01. The molecular formula is C15H10Cl3N3OS. The normalized spacial score (nSPS) is 12.3. The molecule has 1 unspecified atom stereocenters. The van der Waals surface area contributed by atoms with Gasteiger partial charge in [0.05, 0.1) is 19.3 Å². The zero-order valence-corrected chi connectivity index (χ0v) is 14.7. The van der Waals surface area contributed by atoms with Crippen molar-refractivity contribution in [3.05, 3.63) is 67.8 Å². The number of thiophene rings is 1. The van der Waals surface area contributed by atoms with Crippen molar-refractivity contribution in [1.82, 2.24) is 14.8 Å². The standard InChI is InChI=1S/C15H10Cl3N3OS/c16-10-2-1-9(5-11(10)17)6-12(21-8-19-7-20-21)15(22)13-3-4-14(18)23-13/h1-5,7-8,12H,6H2. The fourth-order valence-corrected chi connectivity index (χ4v) is 3.54. The van der Waals surface area contributed by atoms with Crippen molar-refractivity contribution in [3.8, 4) is 0 Å². The Hall–Kier alpha value is -1.40. The monoisotopic (exact) mass is 385 g/mol. The summed E-state index contributed by atoms with van der Waals surface area (Å²) in [6.45, 7) is 0. The van der Waals surface area contributed by atoms with E-state index in [2.05, 4.69) is 10.1 Å². The Kier molecular flexibility index (Phi) is 5.02. The topological polar surface area (TPSA) is 47.8 Å². The molecule has 0 bridgehead atoms. The molecule has 2 aromatic heterocycles. The second-order valence-electron chi connectivity index (χ2n) is 4.81. The molecule has 0 aliphatic heterocycles. The van der Waals surface area contributed by atoms with Gasteiger partial charge in [-0.2, -0.15) is 5.10 Å². The van der Waals surface area contributed by atoms with Crippen LogP contribution in [0.3, 0.4) is 0 Å². The van der Waals surface area contributed by atoms with Crippen molar-refractivity contribution in [2.24, 2.45) is 0 Å². The first-order valence-electron chi connectivity index (χ1n) is 6.62. The van der Waals surface area contributed by atoms with Crippen LogP contribution < -0.4 is 0 Å². The number of hydrogen-bond donors (Lipinski definition) is 0. The molecule has 0 amide bonds. The molecule has 0 spiro atoms. The lowest BCUT2D eigenvalue weighted by atomic mass is 10.0. The smallest absolute Gasteiger partial charge is 0.197 e. The minimum atomic E-state index is -0.524. The van der Waals surface area contributed by atoms with E-state index in [4.69, 9.17) is 34.8 Å². The fraction of sp³-hybridized carbons (Fsp3) is 0.133. The van der Waals surface area contributed by atoms with Crippen LogP contribution in [0.1, 0.15) is 21.3 Å². The van der Waals surface area contributed by atoms with Crippen LogP contribution in [0.2, 0.25) is 14.4 Å². The molecule has 1 atom stereocenters. The predicted octanol–water partition coefficient (Wildman–Crippen LogP) is 4.97. The van der Waals surface area contributed by atoms with Crippen LogP contribution in [-0.4, -0.2) is 20.5 Å². The number of ketones is 1. The number of aromatic nitrogens is 3. The van der Waals surface area contributed by atoms with Gasteiger partial charge in [0, 0.05) is 6.42 Å². The third kappa shape index (κ3) is 3.75. The highest BCUT2D eigenvalue weighted by Gasteiger charge is 2.24. The molecule has 0 saturated heterocycles. The number of benzene rings is 1. The lowest BCUT2D eigenvalue weighted by Gasteiger charge is -2.15. The minimum Gasteiger partial charge on any atom is -0.291 e. The average Bonchev–Trinajstić information content (AvgIpc) is 3.19. The lowest BCUT2D eigenvalue weighted by molar-refractivity contribution is 0.0921. The zero-order chi connectivity index (χ0) is 16.4. The Labute approximate surface area is 151 Å². The molecule has 4 nitrogen and oxygen atoms in total. The third-order valence-corrected chi connectivity index (χ3v) is 5.27. The van der Waals surface area contributed by atoms with Crippen molar-refractivity contribution in [3.63, 3.8) is 0 Å². The number of nitrogens with zero attached hydrogens (tertiary/aromatic N) is 3. The first-order valence-corrected chi connectivity index (χ1v) is 8.57. The second-order valence-corrected chi connectivity index (χ2v) is 7.34. The van der Waals surface area contributed by atoms with Crippen molar-refractivity contribution < 1.29 is 4.79 Å². The van der Waals surface area contributed by atoms with E-state index >= 15 is 0 Å². The molecule has 23 heavy (non-hydrogen) atoms. The Bertz CT molecular complexity index is 832. The van der Waals surface area contributed by atoms with E-state index in [0.717, 1.165) is 5.56 Å². The molecule has 0 radical (unpaired) electrons. The Morgan fingerprint density at radius 3 is 2.61 bits per heavy atom. The Morgan fingerprint density at radius 2 is 2.00 bits per heavy atom. The third-order valence-electron chi connectivity index (χ3n) is 3.29. The Balaban J connectivity index is 1.93. The summed E-state index contributed by atoms with van der Waals surface area (Å²) in [5, 5.41) is 5.03. The summed E-state index contributed by atoms with van der Waals surface area (Å²) in [4.78, 5) is 17.3. The maximum absolute atomic E-state index is 12.8. The van der Waals surface area contributed by atoms with Crippen molar-refractivity contribution in [2.75, 3.05) is 0 Å². The van der Waals surface area contributed by atoms with E-state index in [1.165, 1.54) is 24.0 Å². The summed E-state index contributed by atoms with van der Waals surface area (Å²) in [5.74, 6) is -0.0709. The quantitative estimate of drug-likeness (QED) is 0.582. The van der Waals surface area contributed by atoms with Gasteiger partial charge in [-0.1, -0.05) is 40.9 Å². The van der Waals surface area contributed by atoms with Gasteiger partial charge in [0.1, 0.15) is 18.7 Å². The highest BCUT2D eigenvalue weighted by molar-refractivity contribution is 7.18. The van der Waals surface area contributed by atoms with Gasteiger partial charge in [0.15, 0.2) is 5.78 Å². The van der Waals surface area contributed by atoms with E-state index in [9.17, 15) is 4.79 Å². The number of halogens is 3. The molecule has 0 aliphatic carbocycles. The van der Waals surface area contributed by atoms with Gasteiger partial charge in [-0.05, 0) is 29.8 Å². The summed E-state index contributed by atoms with van der Waals surface area (Å²) in [7, 11) is 0. The summed E-state index contributed by atoms with van der Waals surface area (Å²) >= 11 is 19.2. The van der Waals surface area contributed by atoms with Crippen LogP contribution in [0.25, 0.3) is 0 Å². The summed E-state index contributed by atoms with van der Waals surface area (Å²) in [5.41, 5.74) is 0.885. The first kappa shape index (κ1) is 16.5. The van der Waals surface area contributed by atoms with Gasteiger partial charge in [-0.3, -0.25) is 4.79 Å². The van der Waals surface area contributed by atoms with E-state index in [-0.39, 0.29) is 5.78 Å². The van der Waals surface area contributed by atoms with Crippen molar-refractivity contribution in [1.29, 1.82) is 0 Å². The van der Waals surface area contributed by atoms with Gasteiger partial charge in [-0.15, -0.1) is 11.3 Å². The molecule has 0 aliphatic rings. The van der Waals surface area contributed by atoms with E-state index in [1.54, 1.807) is 28.9 Å². The van der Waals surface area contributed by atoms with Gasteiger partial charge >= 0.3 is 0 Å². The molecule has 0 saturated carbocycles. The molecule has 3 rings (SSSR count). The van der Waals surface area contributed by atoms with E-state index in [1.807, 2.05) is 6.07 Å². The Morgan fingerprint density at radius 1 is 1.17 bits per heavy atom. The van der Waals surface area contributed by atoms with E-state index in [0.29, 0.717) is 25.7 Å². The summed E-state index contributed by atoms with van der Waals surface area (Å²) < 4.78 is 2.11. The molecule has 3 aromatic rings. The number of carbonyl (C=O) groups is 1. The molecule has 2 heterocycles. The SMILES string of the molecule is O=C(c1ccc(Cl)s1)C(Cc1ccc(Cl)c(Cl)c1)n1cncn1.